The number of esters is 2. The first-order valence-electron chi connectivity index (χ1n) is 11.2. The molecule has 0 radical (unpaired) electrons. The fourth-order valence-corrected chi connectivity index (χ4v) is 7.37. The first-order valence-corrected chi connectivity index (χ1v) is 11.2. The van der Waals surface area contributed by atoms with Crippen LogP contribution in [0.5, 0.6) is 0 Å². The van der Waals surface area contributed by atoms with Crippen LogP contribution in [-0.4, -0.2) is 46.9 Å². The van der Waals surface area contributed by atoms with Crippen molar-refractivity contribution in [3.05, 3.63) is 35.5 Å². The van der Waals surface area contributed by atoms with Crippen LogP contribution >= 0.6 is 0 Å². The molecule has 1 aliphatic heterocycles. The van der Waals surface area contributed by atoms with Crippen LogP contribution in [0.4, 0.5) is 0 Å². The Morgan fingerprint density at radius 2 is 1.70 bits per heavy atom. The molecule has 5 atom stereocenters. The number of ether oxygens (including phenoxy) is 2. The van der Waals surface area contributed by atoms with E-state index in [0.717, 1.165) is 11.1 Å². The molecule has 0 aromatic carbocycles. The lowest BCUT2D eigenvalue weighted by Crippen LogP contribution is -2.74. The number of Topliss-reactive ketones (excluding diaryl/α,β-unsaturated/α-hetero) is 2. The fourth-order valence-electron chi connectivity index (χ4n) is 7.37. The smallest absolute Gasteiger partial charge is 0.331 e. The van der Waals surface area contributed by atoms with Crippen molar-refractivity contribution in [2.24, 2.45) is 21.7 Å². The zero-order valence-corrected chi connectivity index (χ0v) is 20.4. The van der Waals surface area contributed by atoms with E-state index < -0.39 is 56.4 Å². The first-order chi connectivity index (χ1) is 15.0. The molecule has 33 heavy (non-hydrogen) atoms. The molecule has 1 N–H and O–H groups in total. The molecule has 7 heteroatoms. The Hall–Kier alpha value is -2.54. The predicted molar refractivity (Wildman–Crippen MR) is 119 cm³/mol. The van der Waals surface area contributed by atoms with Crippen LogP contribution in [0.25, 0.3) is 0 Å². The van der Waals surface area contributed by atoms with E-state index in [9.17, 15) is 24.3 Å². The van der Waals surface area contributed by atoms with Gasteiger partial charge in [-0.15, -0.1) is 0 Å². The summed E-state index contributed by atoms with van der Waals surface area (Å²) < 4.78 is 10.9. The molecule has 7 nitrogen and oxygen atoms in total. The molecule has 2 fully saturated rings. The molecule has 178 valence electrons. The molecule has 0 aromatic rings. The minimum absolute atomic E-state index is 0.184. The number of cyclic esters (lactones) is 1. The first kappa shape index (κ1) is 23.6. The second-order valence-corrected chi connectivity index (χ2v) is 11.1. The Bertz CT molecular complexity index is 1100. The molecular weight excluding hydrogens is 424 g/mol. The second kappa shape index (κ2) is 6.32. The topological polar surface area (TPSA) is 107 Å². The standard InChI is InChI=1S/C26H32O7/c1-14-16-13-22(5)15(2)26(20(30)32-8,19(29)24(7,31)18(22)28)23(16,6)11-12-25(14)10-9-17(27)33-21(25,3)4/h9-10,31H,2,11-13H2,1,3-8H3/t22-,23+,24+,25+,26+/m0/s1. The van der Waals surface area contributed by atoms with Crippen LogP contribution in [0.15, 0.2) is 35.5 Å². The van der Waals surface area contributed by atoms with Gasteiger partial charge in [0.15, 0.2) is 22.6 Å². The number of carbonyl (C=O) groups excluding carboxylic acids is 4. The van der Waals surface area contributed by atoms with E-state index in [0.29, 0.717) is 12.8 Å². The van der Waals surface area contributed by atoms with Crippen LogP contribution in [0, 0.1) is 21.7 Å². The third-order valence-electron chi connectivity index (χ3n) is 9.44. The van der Waals surface area contributed by atoms with E-state index in [1.807, 2.05) is 33.8 Å². The Kier molecular flexibility index (Phi) is 4.52. The summed E-state index contributed by atoms with van der Waals surface area (Å²) in [7, 11) is 1.20. The number of fused-ring (bicyclic) bond motifs is 4. The van der Waals surface area contributed by atoms with Crippen LogP contribution in [0.2, 0.25) is 0 Å². The average molecular weight is 457 g/mol. The van der Waals surface area contributed by atoms with Crippen molar-refractivity contribution in [1.29, 1.82) is 0 Å². The number of methoxy groups -OCH3 is 1. The number of hydrogen-bond acceptors (Lipinski definition) is 7. The lowest BCUT2D eigenvalue weighted by Gasteiger charge is -2.65. The maximum absolute atomic E-state index is 13.9. The summed E-state index contributed by atoms with van der Waals surface area (Å²) in [5, 5.41) is 11.1. The van der Waals surface area contributed by atoms with Crippen molar-refractivity contribution in [2.45, 2.75) is 72.0 Å². The molecule has 4 rings (SSSR count). The molecule has 4 aliphatic rings. The molecule has 1 heterocycles. The quantitative estimate of drug-likeness (QED) is 0.367. The molecule has 0 amide bonds. The number of hydrogen-bond donors (Lipinski definition) is 1. The van der Waals surface area contributed by atoms with E-state index >= 15 is 0 Å². The van der Waals surface area contributed by atoms with Gasteiger partial charge in [0.2, 0.25) is 0 Å². The molecule has 0 aromatic heterocycles. The maximum atomic E-state index is 13.9. The highest BCUT2D eigenvalue weighted by atomic mass is 16.6. The van der Waals surface area contributed by atoms with Gasteiger partial charge in [-0.2, -0.15) is 0 Å². The summed E-state index contributed by atoms with van der Waals surface area (Å²) >= 11 is 0. The summed E-state index contributed by atoms with van der Waals surface area (Å²) in [5.41, 5.74) is -6.39. The lowest BCUT2D eigenvalue weighted by atomic mass is 9.36. The van der Waals surface area contributed by atoms with Gasteiger partial charge in [-0.3, -0.25) is 14.4 Å². The van der Waals surface area contributed by atoms with Gasteiger partial charge in [0.05, 0.1) is 12.5 Å². The molecular formula is C26H32O7. The molecule has 2 bridgehead atoms. The monoisotopic (exact) mass is 456 g/mol. The maximum Gasteiger partial charge on any atom is 0.331 e. The zero-order chi connectivity index (χ0) is 25.0. The van der Waals surface area contributed by atoms with E-state index in [1.54, 1.807) is 6.92 Å². The Balaban J connectivity index is 2.11. The summed E-state index contributed by atoms with van der Waals surface area (Å²) in [6.45, 7) is 14.4. The van der Waals surface area contributed by atoms with Crippen LogP contribution in [0.3, 0.4) is 0 Å². The Labute approximate surface area is 193 Å². The molecule has 0 unspecified atom stereocenters. The summed E-state index contributed by atoms with van der Waals surface area (Å²) in [5.74, 6) is -2.80. The highest BCUT2D eigenvalue weighted by molar-refractivity contribution is 6.26. The number of rotatable bonds is 1. The van der Waals surface area contributed by atoms with E-state index in [1.165, 1.54) is 20.1 Å². The number of allylic oxidation sites excluding steroid dienone is 1. The van der Waals surface area contributed by atoms with Crippen molar-refractivity contribution >= 4 is 23.5 Å². The van der Waals surface area contributed by atoms with Crippen molar-refractivity contribution in [3.63, 3.8) is 0 Å². The van der Waals surface area contributed by atoms with Gasteiger partial charge in [0.25, 0.3) is 0 Å². The summed E-state index contributed by atoms with van der Waals surface area (Å²) in [4.78, 5) is 53.0. The predicted octanol–water partition coefficient (Wildman–Crippen LogP) is 3.01. The normalized spacial score (nSPS) is 44.0. The van der Waals surface area contributed by atoms with E-state index in [2.05, 4.69) is 6.58 Å². The second-order valence-electron chi connectivity index (χ2n) is 11.1. The number of carbonyl (C=O) groups is 4. The minimum Gasteiger partial charge on any atom is -0.468 e. The largest absolute Gasteiger partial charge is 0.468 e. The van der Waals surface area contributed by atoms with Gasteiger partial charge in [0, 0.05) is 16.9 Å². The lowest BCUT2D eigenvalue weighted by molar-refractivity contribution is -0.186. The average Bonchev–Trinajstić information content (AvgIpc) is 2.73. The van der Waals surface area contributed by atoms with Gasteiger partial charge in [0.1, 0.15) is 5.60 Å². The molecule has 2 saturated carbocycles. The summed E-state index contributed by atoms with van der Waals surface area (Å²) in [6.07, 6.45) is 4.33. The number of aliphatic hydroxyl groups is 1. The zero-order valence-electron chi connectivity index (χ0n) is 20.4. The van der Waals surface area contributed by atoms with Crippen molar-refractivity contribution in [2.75, 3.05) is 7.11 Å². The Morgan fingerprint density at radius 1 is 1.09 bits per heavy atom. The van der Waals surface area contributed by atoms with Gasteiger partial charge >= 0.3 is 11.9 Å². The van der Waals surface area contributed by atoms with Crippen LogP contribution in [-0.2, 0) is 28.7 Å². The van der Waals surface area contributed by atoms with Crippen molar-refractivity contribution in [1.82, 2.24) is 0 Å². The van der Waals surface area contributed by atoms with Crippen LogP contribution in [0.1, 0.15) is 60.8 Å². The van der Waals surface area contributed by atoms with Gasteiger partial charge < -0.3 is 14.6 Å². The Morgan fingerprint density at radius 3 is 2.24 bits per heavy atom. The summed E-state index contributed by atoms with van der Waals surface area (Å²) in [6, 6.07) is 0. The minimum atomic E-state index is -2.35. The highest BCUT2D eigenvalue weighted by Gasteiger charge is 2.78. The highest BCUT2D eigenvalue weighted by Crippen LogP contribution is 2.72. The van der Waals surface area contributed by atoms with E-state index in [4.69, 9.17) is 9.47 Å². The van der Waals surface area contributed by atoms with Gasteiger partial charge in [-0.25, -0.2) is 4.79 Å². The molecule has 0 saturated heterocycles. The van der Waals surface area contributed by atoms with Crippen molar-refractivity contribution < 1.29 is 33.8 Å². The van der Waals surface area contributed by atoms with Gasteiger partial charge in [-0.05, 0) is 59.5 Å². The molecule has 3 aliphatic carbocycles. The van der Waals surface area contributed by atoms with Gasteiger partial charge in [-0.1, -0.05) is 30.7 Å². The number of ketones is 2. The van der Waals surface area contributed by atoms with Crippen molar-refractivity contribution in [3.8, 4) is 0 Å². The van der Waals surface area contributed by atoms with Crippen LogP contribution < -0.4 is 0 Å². The van der Waals surface area contributed by atoms with E-state index in [-0.39, 0.29) is 12.0 Å². The fraction of sp³-hybridized carbons (Fsp3) is 0.615. The SMILES string of the molecule is C=C1[C@]2(C)CC3=C(C)[C@@]4(C=CC(=O)OC4(C)C)CC[C@@]3(C)[C@@]1(C(=O)OC)C(=O)[C@](C)(O)C2=O. The molecule has 1 spiro atoms. The third kappa shape index (κ3) is 2.29. The third-order valence-corrected chi connectivity index (χ3v) is 9.44.